The topological polar surface area (TPSA) is 46.2 Å². The molecule has 3 N–H and O–H groups in total. The van der Waals surface area contributed by atoms with E-state index in [1.165, 1.54) is 0 Å². The molecular weight excluding hydrogens is 234 g/mol. The van der Waals surface area contributed by atoms with Gasteiger partial charge < -0.3 is 10.8 Å². The fraction of sp³-hybridized carbons (Fsp3) is 0.0588. The van der Waals surface area contributed by atoms with Crippen LogP contribution in [0.3, 0.4) is 0 Å². The Kier molecular flexibility index (Phi) is 2.64. The van der Waals surface area contributed by atoms with Crippen LogP contribution in [-0.4, -0.2) is 5.11 Å². The number of nitrogen functional groups attached to an aromatic ring is 1. The number of fused-ring (bicyclic) bond motifs is 1. The maximum Gasteiger partial charge on any atom is 0.131 e. The smallest absolute Gasteiger partial charge is 0.131 e. The molecule has 0 aliphatic heterocycles. The fourth-order valence-corrected chi connectivity index (χ4v) is 2.40. The van der Waals surface area contributed by atoms with Crippen molar-refractivity contribution in [3.8, 4) is 16.9 Å². The average Bonchev–Trinajstić information content (AvgIpc) is 2.43. The van der Waals surface area contributed by atoms with Crippen LogP contribution in [-0.2, 0) is 0 Å². The minimum absolute atomic E-state index is 0.312. The van der Waals surface area contributed by atoms with Gasteiger partial charge in [0.25, 0.3) is 0 Å². The standard InChI is InChI=1S/C17H15NO/c1-11-6-8-13(18)10-16(11)15-9-7-12-4-2-3-5-14(12)17(15)19/h2-10,19H,18H2,1H3. The highest BCUT2D eigenvalue weighted by molar-refractivity contribution is 5.95. The van der Waals surface area contributed by atoms with E-state index in [9.17, 15) is 5.11 Å². The maximum absolute atomic E-state index is 10.5. The minimum Gasteiger partial charge on any atom is -0.507 e. The molecule has 94 valence electrons. The van der Waals surface area contributed by atoms with E-state index < -0.39 is 0 Å². The number of phenolic OH excluding ortho intramolecular Hbond substituents is 1. The molecule has 0 radical (unpaired) electrons. The van der Waals surface area contributed by atoms with Crippen molar-refractivity contribution < 1.29 is 5.11 Å². The Labute approximate surface area is 112 Å². The van der Waals surface area contributed by atoms with Crippen molar-refractivity contribution in [2.75, 3.05) is 5.73 Å². The molecular formula is C17H15NO. The van der Waals surface area contributed by atoms with Crippen molar-refractivity contribution >= 4 is 16.5 Å². The zero-order valence-corrected chi connectivity index (χ0v) is 10.7. The predicted molar refractivity (Wildman–Crippen MR) is 80.2 cm³/mol. The van der Waals surface area contributed by atoms with Gasteiger partial charge in [0.1, 0.15) is 5.75 Å². The van der Waals surface area contributed by atoms with Crippen molar-refractivity contribution in [3.05, 3.63) is 60.2 Å². The predicted octanol–water partition coefficient (Wildman–Crippen LogP) is 4.10. The summed E-state index contributed by atoms with van der Waals surface area (Å²) in [6.45, 7) is 2.02. The van der Waals surface area contributed by atoms with Crippen LogP contribution in [0.2, 0.25) is 0 Å². The van der Waals surface area contributed by atoms with Crippen molar-refractivity contribution in [3.63, 3.8) is 0 Å². The largest absolute Gasteiger partial charge is 0.507 e. The molecule has 0 heterocycles. The Hall–Kier alpha value is -2.48. The molecule has 0 aliphatic carbocycles. The molecule has 0 bridgehead atoms. The number of rotatable bonds is 1. The van der Waals surface area contributed by atoms with Gasteiger partial charge in [-0.15, -0.1) is 0 Å². The summed E-state index contributed by atoms with van der Waals surface area (Å²) in [7, 11) is 0. The molecule has 2 nitrogen and oxygen atoms in total. The van der Waals surface area contributed by atoms with Gasteiger partial charge in [-0.25, -0.2) is 0 Å². The first-order chi connectivity index (χ1) is 9.16. The maximum atomic E-state index is 10.5. The van der Waals surface area contributed by atoms with E-state index in [0.29, 0.717) is 11.4 Å². The molecule has 0 saturated carbocycles. The van der Waals surface area contributed by atoms with Gasteiger partial charge in [-0.3, -0.25) is 0 Å². The number of aryl methyl sites for hydroxylation is 1. The number of benzene rings is 3. The summed E-state index contributed by atoms with van der Waals surface area (Å²) in [6, 6.07) is 17.5. The van der Waals surface area contributed by atoms with Gasteiger partial charge in [-0.05, 0) is 35.6 Å². The van der Waals surface area contributed by atoms with Crippen LogP contribution in [0, 0.1) is 6.92 Å². The molecule has 3 rings (SSSR count). The van der Waals surface area contributed by atoms with Gasteiger partial charge in [-0.2, -0.15) is 0 Å². The molecule has 0 aliphatic rings. The minimum atomic E-state index is 0.312. The molecule has 2 heteroatoms. The van der Waals surface area contributed by atoms with Gasteiger partial charge in [0.05, 0.1) is 0 Å². The van der Waals surface area contributed by atoms with Crippen molar-refractivity contribution in [2.45, 2.75) is 6.92 Å². The third-order valence-electron chi connectivity index (χ3n) is 3.45. The van der Waals surface area contributed by atoms with Crippen LogP contribution in [0.5, 0.6) is 5.75 Å². The van der Waals surface area contributed by atoms with E-state index in [4.69, 9.17) is 5.73 Å². The normalized spacial score (nSPS) is 10.8. The quantitative estimate of drug-likeness (QED) is 0.638. The van der Waals surface area contributed by atoms with Crippen LogP contribution in [0.25, 0.3) is 21.9 Å². The highest BCUT2D eigenvalue weighted by atomic mass is 16.3. The first-order valence-corrected chi connectivity index (χ1v) is 6.24. The lowest BCUT2D eigenvalue weighted by Crippen LogP contribution is -1.89. The second kappa shape index (κ2) is 4.32. The second-order valence-electron chi connectivity index (χ2n) is 4.76. The number of aromatic hydroxyl groups is 1. The van der Waals surface area contributed by atoms with Crippen LogP contribution >= 0.6 is 0 Å². The van der Waals surface area contributed by atoms with Gasteiger partial charge in [0.2, 0.25) is 0 Å². The second-order valence-corrected chi connectivity index (χ2v) is 4.76. The third-order valence-corrected chi connectivity index (χ3v) is 3.45. The van der Waals surface area contributed by atoms with Gasteiger partial charge >= 0.3 is 0 Å². The van der Waals surface area contributed by atoms with Crippen LogP contribution < -0.4 is 5.73 Å². The molecule has 0 fully saturated rings. The zero-order chi connectivity index (χ0) is 13.4. The fourth-order valence-electron chi connectivity index (χ4n) is 2.40. The highest BCUT2D eigenvalue weighted by Crippen LogP contribution is 2.37. The number of anilines is 1. The van der Waals surface area contributed by atoms with E-state index in [2.05, 4.69) is 0 Å². The van der Waals surface area contributed by atoms with Crippen molar-refractivity contribution in [1.29, 1.82) is 0 Å². The Morgan fingerprint density at radius 3 is 2.53 bits per heavy atom. The van der Waals surface area contributed by atoms with Gasteiger partial charge in [0, 0.05) is 16.6 Å². The molecule has 0 aromatic heterocycles. The first kappa shape index (κ1) is 11.6. The van der Waals surface area contributed by atoms with Gasteiger partial charge in [-0.1, -0.05) is 42.5 Å². The first-order valence-electron chi connectivity index (χ1n) is 6.24. The Bertz CT molecular complexity index is 762. The molecule has 3 aromatic rings. The van der Waals surface area contributed by atoms with Crippen LogP contribution in [0.15, 0.2) is 54.6 Å². The number of hydrogen-bond donors (Lipinski definition) is 2. The highest BCUT2D eigenvalue weighted by Gasteiger charge is 2.10. The van der Waals surface area contributed by atoms with Crippen molar-refractivity contribution in [1.82, 2.24) is 0 Å². The summed E-state index contributed by atoms with van der Waals surface area (Å²) < 4.78 is 0. The Balaban J connectivity index is 2.31. The molecule has 19 heavy (non-hydrogen) atoms. The van der Waals surface area contributed by atoms with Gasteiger partial charge in [0.15, 0.2) is 0 Å². The molecule has 3 aromatic carbocycles. The summed E-state index contributed by atoms with van der Waals surface area (Å²) in [5.41, 5.74) is 9.44. The van der Waals surface area contributed by atoms with Crippen LogP contribution in [0.1, 0.15) is 5.56 Å². The average molecular weight is 249 g/mol. The molecule has 0 amide bonds. The third kappa shape index (κ3) is 1.91. The number of nitrogens with two attached hydrogens (primary N) is 1. The van der Waals surface area contributed by atoms with E-state index in [-0.39, 0.29) is 0 Å². The summed E-state index contributed by atoms with van der Waals surface area (Å²) in [6.07, 6.45) is 0. The Morgan fingerprint density at radius 1 is 0.895 bits per heavy atom. The number of hydrogen-bond acceptors (Lipinski definition) is 2. The van der Waals surface area contributed by atoms with Crippen LogP contribution in [0.4, 0.5) is 5.69 Å². The van der Waals surface area contributed by atoms with Crippen molar-refractivity contribution in [2.24, 2.45) is 0 Å². The van der Waals surface area contributed by atoms with E-state index in [1.54, 1.807) is 0 Å². The summed E-state index contributed by atoms with van der Waals surface area (Å²) >= 11 is 0. The SMILES string of the molecule is Cc1ccc(N)cc1-c1ccc2ccccc2c1O. The molecule has 0 saturated heterocycles. The molecule has 0 spiro atoms. The summed E-state index contributed by atoms with van der Waals surface area (Å²) in [5, 5.41) is 12.4. The summed E-state index contributed by atoms with van der Waals surface area (Å²) in [4.78, 5) is 0. The van der Waals surface area contributed by atoms with E-state index in [0.717, 1.165) is 27.5 Å². The lowest BCUT2D eigenvalue weighted by molar-refractivity contribution is 0.483. The molecule has 0 atom stereocenters. The lowest BCUT2D eigenvalue weighted by atomic mass is 9.96. The number of phenols is 1. The zero-order valence-electron chi connectivity index (χ0n) is 10.7. The lowest BCUT2D eigenvalue weighted by Gasteiger charge is -2.11. The van der Waals surface area contributed by atoms with E-state index >= 15 is 0 Å². The summed E-state index contributed by atoms with van der Waals surface area (Å²) in [5.74, 6) is 0.312. The Morgan fingerprint density at radius 2 is 1.68 bits per heavy atom. The van der Waals surface area contributed by atoms with E-state index in [1.807, 2.05) is 61.5 Å². The molecule has 0 unspecified atom stereocenters. The monoisotopic (exact) mass is 249 g/mol.